The first-order chi connectivity index (χ1) is 10.7. The topological polar surface area (TPSA) is 25.8 Å². The van der Waals surface area contributed by atoms with E-state index in [-0.39, 0.29) is 0 Å². The summed E-state index contributed by atoms with van der Waals surface area (Å²) in [5.74, 6) is 7.15. The standard InChI is InChI=1S/C20H16N2/c1-15-3-5-17(6-4-15)7-8-18-9-11-19(12-10-18)20-13-21-16(2)22-14-20/h3-6,9-14H,1-2H3. The molecule has 0 unspecified atom stereocenters. The number of nitrogens with zero attached hydrogens (tertiary/aromatic N) is 2. The van der Waals surface area contributed by atoms with Crippen LogP contribution in [0.3, 0.4) is 0 Å². The first kappa shape index (κ1) is 14.0. The maximum absolute atomic E-state index is 4.22. The molecule has 22 heavy (non-hydrogen) atoms. The molecule has 3 rings (SSSR count). The van der Waals surface area contributed by atoms with E-state index in [4.69, 9.17) is 0 Å². The molecule has 2 aromatic carbocycles. The number of hydrogen-bond acceptors (Lipinski definition) is 2. The molecule has 0 saturated carbocycles. The lowest BCUT2D eigenvalue weighted by Crippen LogP contribution is -1.87. The summed E-state index contributed by atoms with van der Waals surface area (Å²) in [5.41, 5.74) is 5.39. The van der Waals surface area contributed by atoms with Crippen molar-refractivity contribution in [1.29, 1.82) is 0 Å². The first-order valence-corrected chi connectivity index (χ1v) is 7.18. The summed E-state index contributed by atoms with van der Waals surface area (Å²) < 4.78 is 0. The molecule has 2 nitrogen and oxygen atoms in total. The van der Waals surface area contributed by atoms with Crippen molar-refractivity contribution in [3.63, 3.8) is 0 Å². The smallest absolute Gasteiger partial charge is 0.125 e. The van der Waals surface area contributed by atoms with Gasteiger partial charge in [0.05, 0.1) is 0 Å². The van der Waals surface area contributed by atoms with E-state index in [0.717, 1.165) is 28.1 Å². The highest BCUT2D eigenvalue weighted by atomic mass is 14.8. The van der Waals surface area contributed by atoms with Gasteiger partial charge in [-0.15, -0.1) is 0 Å². The zero-order valence-electron chi connectivity index (χ0n) is 12.7. The molecule has 0 radical (unpaired) electrons. The van der Waals surface area contributed by atoms with Crippen molar-refractivity contribution in [2.24, 2.45) is 0 Å². The molecular weight excluding hydrogens is 268 g/mol. The fraction of sp³-hybridized carbons (Fsp3) is 0.100. The minimum Gasteiger partial charge on any atom is -0.241 e. The second kappa shape index (κ2) is 6.24. The molecule has 0 bridgehead atoms. The summed E-state index contributed by atoms with van der Waals surface area (Å²) >= 11 is 0. The van der Waals surface area contributed by atoms with E-state index in [0.29, 0.717) is 0 Å². The second-order valence-corrected chi connectivity index (χ2v) is 5.21. The Morgan fingerprint density at radius 2 is 1.14 bits per heavy atom. The third kappa shape index (κ3) is 3.39. The Bertz CT molecular complexity index is 818. The average Bonchev–Trinajstić information content (AvgIpc) is 2.56. The van der Waals surface area contributed by atoms with Crippen molar-refractivity contribution in [2.45, 2.75) is 13.8 Å². The summed E-state index contributed by atoms with van der Waals surface area (Å²) in [5, 5.41) is 0. The Balaban J connectivity index is 1.80. The van der Waals surface area contributed by atoms with Gasteiger partial charge in [-0.1, -0.05) is 41.7 Å². The monoisotopic (exact) mass is 284 g/mol. The number of benzene rings is 2. The molecule has 0 fully saturated rings. The van der Waals surface area contributed by atoms with Crippen LogP contribution in [0.1, 0.15) is 22.5 Å². The highest BCUT2D eigenvalue weighted by molar-refractivity contribution is 5.62. The Morgan fingerprint density at radius 1 is 0.636 bits per heavy atom. The van der Waals surface area contributed by atoms with Gasteiger partial charge in [-0.25, -0.2) is 9.97 Å². The molecule has 0 atom stereocenters. The highest BCUT2D eigenvalue weighted by Crippen LogP contribution is 2.17. The third-order valence-corrected chi connectivity index (χ3v) is 3.40. The van der Waals surface area contributed by atoms with Gasteiger partial charge in [-0.2, -0.15) is 0 Å². The van der Waals surface area contributed by atoms with Crippen LogP contribution in [0.4, 0.5) is 0 Å². The van der Waals surface area contributed by atoms with E-state index in [1.54, 1.807) is 0 Å². The van der Waals surface area contributed by atoms with Gasteiger partial charge in [0, 0.05) is 29.1 Å². The van der Waals surface area contributed by atoms with Gasteiger partial charge in [-0.3, -0.25) is 0 Å². The predicted octanol–water partition coefficient (Wildman–Crippen LogP) is 4.16. The van der Waals surface area contributed by atoms with Crippen molar-refractivity contribution in [3.05, 3.63) is 83.4 Å². The van der Waals surface area contributed by atoms with Crippen LogP contribution in [0, 0.1) is 25.7 Å². The Hall–Kier alpha value is -2.92. The molecule has 0 amide bonds. The van der Waals surface area contributed by atoms with E-state index in [1.165, 1.54) is 5.56 Å². The number of rotatable bonds is 1. The van der Waals surface area contributed by atoms with Crippen LogP contribution in [0.5, 0.6) is 0 Å². The summed E-state index contributed by atoms with van der Waals surface area (Å²) in [6.07, 6.45) is 3.69. The predicted molar refractivity (Wildman–Crippen MR) is 89.4 cm³/mol. The Labute approximate surface area is 130 Å². The molecule has 106 valence electrons. The molecule has 0 saturated heterocycles. The lowest BCUT2D eigenvalue weighted by Gasteiger charge is -2.01. The van der Waals surface area contributed by atoms with Crippen LogP contribution in [-0.4, -0.2) is 9.97 Å². The molecule has 3 aromatic rings. The molecule has 0 aliphatic carbocycles. The maximum Gasteiger partial charge on any atom is 0.125 e. The van der Waals surface area contributed by atoms with Crippen molar-refractivity contribution in [2.75, 3.05) is 0 Å². The molecular formula is C20H16N2. The van der Waals surface area contributed by atoms with Gasteiger partial charge < -0.3 is 0 Å². The van der Waals surface area contributed by atoms with Crippen molar-refractivity contribution < 1.29 is 0 Å². The van der Waals surface area contributed by atoms with Crippen LogP contribution >= 0.6 is 0 Å². The van der Waals surface area contributed by atoms with Crippen molar-refractivity contribution in [1.82, 2.24) is 9.97 Å². The fourth-order valence-corrected chi connectivity index (χ4v) is 2.07. The number of aromatic nitrogens is 2. The van der Waals surface area contributed by atoms with Crippen molar-refractivity contribution in [3.8, 4) is 23.0 Å². The largest absolute Gasteiger partial charge is 0.241 e. The van der Waals surface area contributed by atoms with Gasteiger partial charge in [0.25, 0.3) is 0 Å². The van der Waals surface area contributed by atoms with E-state index in [2.05, 4.69) is 40.9 Å². The van der Waals surface area contributed by atoms with Crippen LogP contribution in [0.15, 0.2) is 60.9 Å². The van der Waals surface area contributed by atoms with Gasteiger partial charge in [0.2, 0.25) is 0 Å². The molecule has 1 aromatic heterocycles. The highest BCUT2D eigenvalue weighted by Gasteiger charge is 1.98. The third-order valence-electron chi connectivity index (χ3n) is 3.40. The lowest BCUT2D eigenvalue weighted by molar-refractivity contribution is 1.06. The average molecular weight is 284 g/mol. The Kier molecular flexibility index (Phi) is 3.98. The van der Waals surface area contributed by atoms with Crippen LogP contribution in [-0.2, 0) is 0 Å². The SMILES string of the molecule is Cc1ccc(C#Cc2ccc(-c3cnc(C)nc3)cc2)cc1. The van der Waals surface area contributed by atoms with Crippen LogP contribution < -0.4 is 0 Å². The maximum atomic E-state index is 4.22. The normalized spacial score (nSPS) is 9.91. The minimum absolute atomic E-state index is 0.782. The number of hydrogen-bond donors (Lipinski definition) is 0. The van der Waals surface area contributed by atoms with E-state index in [1.807, 2.05) is 55.7 Å². The number of aryl methyl sites for hydroxylation is 2. The van der Waals surface area contributed by atoms with Gasteiger partial charge >= 0.3 is 0 Å². The molecule has 0 spiro atoms. The zero-order valence-corrected chi connectivity index (χ0v) is 12.7. The van der Waals surface area contributed by atoms with Gasteiger partial charge in [0.1, 0.15) is 5.82 Å². The lowest BCUT2D eigenvalue weighted by atomic mass is 10.1. The minimum atomic E-state index is 0.782. The summed E-state index contributed by atoms with van der Waals surface area (Å²) in [4.78, 5) is 8.44. The fourth-order valence-electron chi connectivity index (χ4n) is 2.07. The molecule has 0 aliphatic rings. The summed E-state index contributed by atoms with van der Waals surface area (Å²) in [6, 6.07) is 16.4. The van der Waals surface area contributed by atoms with Gasteiger partial charge in [0.15, 0.2) is 0 Å². The van der Waals surface area contributed by atoms with Crippen LogP contribution in [0.2, 0.25) is 0 Å². The summed E-state index contributed by atoms with van der Waals surface area (Å²) in [7, 11) is 0. The zero-order chi connectivity index (χ0) is 15.4. The quantitative estimate of drug-likeness (QED) is 0.627. The van der Waals surface area contributed by atoms with E-state index in [9.17, 15) is 0 Å². The molecule has 0 aliphatic heterocycles. The van der Waals surface area contributed by atoms with Gasteiger partial charge in [-0.05, 0) is 43.7 Å². The Morgan fingerprint density at radius 3 is 1.68 bits per heavy atom. The van der Waals surface area contributed by atoms with Crippen molar-refractivity contribution >= 4 is 0 Å². The first-order valence-electron chi connectivity index (χ1n) is 7.18. The second-order valence-electron chi connectivity index (χ2n) is 5.21. The molecule has 0 N–H and O–H groups in total. The summed E-state index contributed by atoms with van der Waals surface area (Å²) in [6.45, 7) is 3.96. The van der Waals surface area contributed by atoms with Crippen LogP contribution in [0.25, 0.3) is 11.1 Å². The molecule has 2 heteroatoms. The van der Waals surface area contributed by atoms with E-state index >= 15 is 0 Å². The molecule has 1 heterocycles. The van der Waals surface area contributed by atoms with E-state index < -0.39 is 0 Å².